The van der Waals surface area contributed by atoms with Gasteiger partial charge in [0.1, 0.15) is 18.0 Å². The third-order valence-corrected chi connectivity index (χ3v) is 3.36. The van der Waals surface area contributed by atoms with Crippen LogP contribution in [0.2, 0.25) is 0 Å². The molecule has 0 radical (unpaired) electrons. The molecule has 0 saturated heterocycles. The van der Waals surface area contributed by atoms with Crippen LogP contribution in [0.3, 0.4) is 0 Å². The third kappa shape index (κ3) is 3.38. The van der Waals surface area contributed by atoms with Crippen molar-refractivity contribution in [3.8, 4) is 0 Å². The monoisotopic (exact) mass is 291 g/mol. The van der Waals surface area contributed by atoms with Crippen molar-refractivity contribution in [3.05, 3.63) is 72.8 Å². The van der Waals surface area contributed by atoms with Gasteiger partial charge in [-0.05, 0) is 29.8 Å². The van der Waals surface area contributed by atoms with E-state index in [2.05, 4.69) is 20.3 Å². The number of hydrogen-bond donors (Lipinski definition) is 1. The molecule has 0 aliphatic heterocycles. The standard InChI is InChI=1S/C17H17N5/c1-22(15-5-3-2-4-6-15)17-11-16(20-13-21-17)19-12-14-7-9-18-10-8-14/h2-11,13H,12H2,1H3,(H,19,20,21). The number of para-hydroxylation sites is 1. The Bertz CT molecular complexity index is 715. The van der Waals surface area contributed by atoms with Crippen LogP contribution in [0, 0.1) is 0 Å². The zero-order valence-corrected chi connectivity index (χ0v) is 12.3. The maximum atomic E-state index is 4.34. The van der Waals surface area contributed by atoms with Gasteiger partial charge in [0.2, 0.25) is 0 Å². The van der Waals surface area contributed by atoms with Gasteiger partial charge in [0.05, 0.1) is 0 Å². The molecule has 0 bridgehead atoms. The van der Waals surface area contributed by atoms with Crippen molar-refractivity contribution in [1.82, 2.24) is 15.0 Å². The highest BCUT2D eigenvalue weighted by atomic mass is 15.2. The molecule has 0 aliphatic rings. The Labute approximate surface area is 129 Å². The fourth-order valence-corrected chi connectivity index (χ4v) is 2.10. The lowest BCUT2D eigenvalue weighted by Gasteiger charge is -2.18. The van der Waals surface area contributed by atoms with Crippen molar-refractivity contribution in [2.24, 2.45) is 0 Å². The Balaban J connectivity index is 1.72. The minimum absolute atomic E-state index is 0.702. The van der Waals surface area contributed by atoms with Crippen LogP contribution in [0.15, 0.2) is 67.3 Å². The average molecular weight is 291 g/mol. The summed E-state index contributed by atoms with van der Waals surface area (Å²) in [5.74, 6) is 1.64. The van der Waals surface area contributed by atoms with E-state index in [4.69, 9.17) is 0 Å². The number of hydrogen-bond acceptors (Lipinski definition) is 5. The van der Waals surface area contributed by atoms with Crippen molar-refractivity contribution in [2.75, 3.05) is 17.3 Å². The highest BCUT2D eigenvalue weighted by Gasteiger charge is 2.06. The fourth-order valence-electron chi connectivity index (χ4n) is 2.10. The molecule has 0 unspecified atom stereocenters. The maximum absolute atomic E-state index is 4.34. The molecule has 0 spiro atoms. The number of rotatable bonds is 5. The minimum atomic E-state index is 0.702. The molecule has 2 aromatic heterocycles. The van der Waals surface area contributed by atoms with E-state index in [1.165, 1.54) is 0 Å². The van der Waals surface area contributed by atoms with Gasteiger partial charge in [-0.2, -0.15) is 0 Å². The lowest BCUT2D eigenvalue weighted by Crippen LogP contribution is -2.12. The summed E-state index contributed by atoms with van der Waals surface area (Å²) in [6.07, 6.45) is 5.14. The number of benzene rings is 1. The summed E-state index contributed by atoms with van der Waals surface area (Å²) >= 11 is 0. The van der Waals surface area contributed by atoms with E-state index in [0.717, 1.165) is 22.9 Å². The predicted octanol–water partition coefficient (Wildman–Crippen LogP) is 3.25. The van der Waals surface area contributed by atoms with E-state index in [1.54, 1.807) is 18.7 Å². The summed E-state index contributed by atoms with van der Waals surface area (Å²) < 4.78 is 0. The van der Waals surface area contributed by atoms with Crippen LogP contribution in [0.4, 0.5) is 17.3 Å². The number of nitrogens with zero attached hydrogens (tertiary/aromatic N) is 4. The Morgan fingerprint density at radius 3 is 2.55 bits per heavy atom. The summed E-state index contributed by atoms with van der Waals surface area (Å²) in [5.41, 5.74) is 2.24. The summed E-state index contributed by atoms with van der Waals surface area (Å²) in [4.78, 5) is 14.6. The third-order valence-electron chi connectivity index (χ3n) is 3.36. The summed E-state index contributed by atoms with van der Waals surface area (Å²) in [5, 5.41) is 3.30. The van der Waals surface area contributed by atoms with Gasteiger partial charge in [0.25, 0.3) is 0 Å². The van der Waals surface area contributed by atoms with E-state index in [-0.39, 0.29) is 0 Å². The predicted molar refractivity (Wildman–Crippen MR) is 88.1 cm³/mol. The van der Waals surface area contributed by atoms with E-state index in [9.17, 15) is 0 Å². The first-order chi connectivity index (χ1) is 10.8. The van der Waals surface area contributed by atoms with Gasteiger partial charge >= 0.3 is 0 Å². The highest BCUT2D eigenvalue weighted by Crippen LogP contribution is 2.22. The van der Waals surface area contributed by atoms with Gasteiger partial charge < -0.3 is 10.2 Å². The Morgan fingerprint density at radius 2 is 1.77 bits per heavy atom. The highest BCUT2D eigenvalue weighted by molar-refractivity contribution is 5.61. The zero-order valence-electron chi connectivity index (χ0n) is 12.3. The van der Waals surface area contributed by atoms with Crippen LogP contribution in [-0.4, -0.2) is 22.0 Å². The molecule has 2 heterocycles. The van der Waals surface area contributed by atoms with Gasteiger partial charge in [-0.25, -0.2) is 9.97 Å². The van der Waals surface area contributed by atoms with E-state index in [1.807, 2.05) is 60.5 Å². The molecular weight excluding hydrogens is 274 g/mol. The second kappa shape index (κ2) is 6.67. The number of pyridine rings is 1. The molecule has 1 N–H and O–H groups in total. The van der Waals surface area contributed by atoms with Gasteiger partial charge in [-0.3, -0.25) is 4.98 Å². The molecule has 3 aromatic rings. The second-order valence-electron chi connectivity index (χ2n) is 4.87. The topological polar surface area (TPSA) is 53.9 Å². The average Bonchev–Trinajstić information content (AvgIpc) is 2.61. The van der Waals surface area contributed by atoms with Crippen molar-refractivity contribution in [2.45, 2.75) is 6.54 Å². The molecular formula is C17H17N5. The van der Waals surface area contributed by atoms with Crippen molar-refractivity contribution in [1.29, 1.82) is 0 Å². The lowest BCUT2D eigenvalue weighted by atomic mass is 10.2. The Kier molecular flexibility index (Phi) is 4.25. The van der Waals surface area contributed by atoms with Crippen LogP contribution in [0.5, 0.6) is 0 Å². The van der Waals surface area contributed by atoms with Crippen molar-refractivity contribution < 1.29 is 0 Å². The van der Waals surface area contributed by atoms with Crippen LogP contribution >= 0.6 is 0 Å². The SMILES string of the molecule is CN(c1ccccc1)c1cc(NCc2ccncc2)ncn1. The second-order valence-corrected chi connectivity index (χ2v) is 4.87. The molecule has 0 amide bonds. The quantitative estimate of drug-likeness (QED) is 0.782. The molecule has 0 saturated carbocycles. The maximum Gasteiger partial charge on any atom is 0.138 e. The van der Waals surface area contributed by atoms with E-state index >= 15 is 0 Å². The first-order valence-corrected chi connectivity index (χ1v) is 7.06. The molecule has 0 fully saturated rings. The molecule has 3 rings (SSSR count). The van der Waals surface area contributed by atoms with Gasteiger partial charge in [0, 0.05) is 37.7 Å². The van der Waals surface area contributed by atoms with Crippen LogP contribution in [0.1, 0.15) is 5.56 Å². The zero-order chi connectivity index (χ0) is 15.2. The van der Waals surface area contributed by atoms with E-state index in [0.29, 0.717) is 6.54 Å². The molecule has 5 nitrogen and oxygen atoms in total. The van der Waals surface area contributed by atoms with Crippen LogP contribution in [0.25, 0.3) is 0 Å². The molecule has 110 valence electrons. The summed E-state index contributed by atoms with van der Waals surface area (Å²) in [7, 11) is 1.99. The van der Waals surface area contributed by atoms with Gasteiger partial charge in [0.15, 0.2) is 0 Å². The first kappa shape index (κ1) is 14.0. The molecule has 1 aromatic carbocycles. The Morgan fingerprint density at radius 1 is 1.00 bits per heavy atom. The molecule has 0 atom stereocenters. The van der Waals surface area contributed by atoms with Gasteiger partial charge in [-0.15, -0.1) is 0 Å². The number of aromatic nitrogens is 3. The fraction of sp³-hybridized carbons (Fsp3) is 0.118. The van der Waals surface area contributed by atoms with Crippen molar-refractivity contribution in [3.63, 3.8) is 0 Å². The summed E-state index contributed by atoms with van der Waals surface area (Å²) in [6.45, 7) is 0.702. The summed E-state index contributed by atoms with van der Waals surface area (Å²) in [6, 6.07) is 16.0. The molecule has 5 heteroatoms. The van der Waals surface area contributed by atoms with E-state index < -0.39 is 0 Å². The smallest absolute Gasteiger partial charge is 0.138 e. The largest absolute Gasteiger partial charge is 0.366 e. The van der Waals surface area contributed by atoms with Crippen molar-refractivity contribution >= 4 is 17.3 Å². The number of anilines is 3. The first-order valence-electron chi connectivity index (χ1n) is 7.06. The molecule has 0 aliphatic carbocycles. The van der Waals surface area contributed by atoms with Crippen LogP contribution < -0.4 is 10.2 Å². The van der Waals surface area contributed by atoms with Crippen LogP contribution in [-0.2, 0) is 6.54 Å². The normalized spacial score (nSPS) is 10.2. The lowest BCUT2D eigenvalue weighted by molar-refractivity contribution is 1.05. The Hall–Kier alpha value is -2.95. The molecule has 22 heavy (non-hydrogen) atoms. The number of nitrogens with one attached hydrogen (secondary N) is 1. The van der Waals surface area contributed by atoms with Gasteiger partial charge in [-0.1, -0.05) is 18.2 Å². The minimum Gasteiger partial charge on any atom is -0.366 e.